The van der Waals surface area contributed by atoms with Gasteiger partial charge >= 0.3 is 0 Å². The van der Waals surface area contributed by atoms with Gasteiger partial charge in [-0.25, -0.2) is 8.42 Å². The van der Waals surface area contributed by atoms with Gasteiger partial charge in [-0.3, -0.25) is 9.59 Å². The maximum Gasteiger partial charge on any atom is 0.268 e. The minimum Gasteiger partial charge on any atom is -0.353 e. The smallest absolute Gasteiger partial charge is 0.268 e. The summed E-state index contributed by atoms with van der Waals surface area (Å²) in [6.45, 7) is 8.69. The van der Waals surface area contributed by atoms with Crippen molar-refractivity contribution in [3.8, 4) is 0 Å². The predicted molar refractivity (Wildman–Crippen MR) is 135 cm³/mol. The molecular formula is C25H30ClN3O4S. The van der Waals surface area contributed by atoms with E-state index < -0.39 is 21.0 Å². The number of rotatable bonds is 7. The maximum absolute atomic E-state index is 13.0. The van der Waals surface area contributed by atoms with Gasteiger partial charge in [0.15, 0.2) is 9.84 Å². The molecule has 3 aromatic rings. The van der Waals surface area contributed by atoms with Crippen LogP contribution >= 0.6 is 11.6 Å². The molecule has 0 aliphatic carbocycles. The fourth-order valence-corrected chi connectivity index (χ4v) is 5.38. The molecule has 9 heteroatoms. The topological polar surface area (TPSA) is 97.3 Å². The third kappa shape index (κ3) is 5.13. The van der Waals surface area contributed by atoms with E-state index in [4.69, 9.17) is 11.6 Å². The number of aromatic nitrogens is 1. The lowest BCUT2D eigenvalue weighted by Gasteiger charge is -2.17. The van der Waals surface area contributed by atoms with E-state index in [0.717, 1.165) is 22.0 Å². The van der Waals surface area contributed by atoms with E-state index in [9.17, 15) is 18.0 Å². The highest BCUT2D eigenvalue weighted by atomic mass is 35.5. The molecule has 1 aromatic heterocycles. The lowest BCUT2D eigenvalue weighted by molar-refractivity contribution is -0.120. The van der Waals surface area contributed by atoms with Crippen LogP contribution in [0.15, 0.2) is 47.4 Å². The quantitative estimate of drug-likeness (QED) is 0.501. The summed E-state index contributed by atoms with van der Waals surface area (Å²) in [5, 5.41) is 5.77. The Labute approximate surface area is 205 Å². The number of halogens is 1. The van der Waals surface area contributed by atoms with Crippen LogP contribution in [-0.4, -0.2) is 36.1 Å². The van der Waals surface area contributed by atoms with Gasteiger partial charge in [0.05, 0.1) is 21.5 Å². The average molecular weight is 504 g/mol. The first-order valence-corrected chi connectivity index (χ1v) is 13.0. The van der Waals surface area contributed by atoms with E-state index in [1.165, 1.54) is 19.1 Å². The number of nitrogens with zero attached hydrogens (tertiary/aromatic N) is 1. The molecule has 2 N–H and O–H groups in total. The normalized spacial score (nSPS) is 13.6. The minimum absolute atomic E-state index is 0.0554. The first kappa shape index (κ1) is 25.8. The van der Waals surface area contributed by atoms with Crippen LogP contribution in [0.1, 0.15) is 55.4 Å². The Morgan fingerprint density at radius 3 is 2.18 bits per heavy atom. The number of hydrogen-bond donors (Lipinski definition) is 2. The van der Waals surface area contributed by atoms with E-state index in [0.29, 0.717) is 10.7 Å². The first-order valence-electron chi connectivity index (χ1n) is 11.0. The van der Waals surface area contributed by atoms with E-state index in [1.54, 1.807) is 36.6 Å². The Morgan fingerprint density at radius 2 is 1.59 bits per heavy atom. The molecule has 7 nitrogen and oxygen atoms in total. The van der Waals surface area contributed by atoms with Gasteiger partial charge in [-0.2, -0.15) is 0 Å². The number of sulfone groups is 1. The molecule has 0 aliphatic rings. The van der Waals surface area contributed by atoms with Crippen LogP contribution in [0.4, 0.5) is 0 Å². The Balaban J connectivity index is 1.78. The van der Waals surface area contributed by atoms with Gasteiger partial charge in [0, 0.05) is 18.5 Å². The summed E-state index contributed by atoms with van der Waals surface area (Å²) < 4.78 is 27.5. The number of fused-ring (bicyclic) bond motifs is 1. The number of carbonyl (C=O) groups is 2. The number of hydrogen-bond acceptors (Lipinski definition) is 4. The van der Waals surface area contributed by atoms with Gasteiger partial charge in [0.2, 0.25) is 5.91 Å². The molecule has 0 bridgehead atoms. The summed E-state index contributed by atoms with van der Waals surface area (Å²) in [5.41, 5.74) is 3.08. The van der Waals surface area contributed by atoms with Crippen molar-refractivity contribution >= 4 is 44.2 Å². The van der Waals surface area contributed by atoms with Crippen molar-refractivity contribution in [3.05, 3.63) is 64.3 Å². The van der Waals surface area contributed by atoms with Crippen LogP contribution in [-0.2, 0) is 21.7 Å². The molecule has 0 saturated heterocycles. The van der Waals surface area contributed by atoms with Crippen LogP contribution in [0.2, 0.25) is 5.02 Å². The average Bonchev–Trinajstić information content (AvgIpc) is 3.09. The molecule has 34 heavy (non-hydrogen) atoms. The summed E-state index contributed by atoms with van der Waals surface area (Å²) in [7, 11) is -2.02. The number of nitrogens with one attached hydrogen (secondary N) is 2. The van der Waals surface area contributed by atoms with Crippen LogP contribution in [0.25, 0.3) is 10.9 Å². The molecule has 2 aromatic carbocycles. The van der Waals surface area contributed by atoms with Crippen LogP contribution in [0.5, 0.6) is 0 Å². The molecule has 1 heterocycles. The molecule has 2 atom stereocenters. The van der Waals surface area contributed by atoms with Gasteiger partial charge in [0.25, 0.3) is 5.91 Å². The zero-order chi connectivity index (χ0) is 25.4. The number of carbonyl (C=O) groups excluding carboxylic acids is 2. The molecule has 2 amide bonds. The fourth-order valence-electron chi connectivity index (χ4n) is 3.78. The first-order chi connectivity index (χ1) is 15.8. The highest BCUT2D eigenvalue weighted by molar-refractivity contribution is 7.92. The molecule has 0 spiro atoms. The molecule has 0 radical (unpaired) electrons. The zero-order valence-corrected chi connectivity index (χ0v) is 21.7. The molecule has 182 valence electrons. The standard InChI is InChI=1S/C25H30ClN3O4S/c1-14(2)27-24(30)17(5)34(32,33)19-9-7-18(8-10-19)16(4)28-25(31)23-13-20-21(26)11-15(3)12-22(20)29(23)6/h7-14,16-17H,1-6H3,(H,27,30)(H,28,31)/t16-,17?/m1/s1. The van der Waals surface area contributed by atoms with Crippen LogP contribution in [0.3, 0.4) is 0 Å². The van der Waals surface area contributed by atoms with Crippen LogP contribution in [0, 0.1) is 6.92 Å². The van der Waals surface area contributed by atoms with Crippen molar-refractivity contribution in [2.24, 2.45) is 7.05 Å². The van der Waals surface area contributed by atoms with Crippen molar-refractivity contribution in [2.75, 3.05) is 0 Å². The van der Waals surface area contributed by atoms with Gasteiger partial charge < -0.3 is 15.2 Å². The second-order valence-corrected chi connectivity index (χ2v) is 11.6. The highest BCUT2D eigenvalue weighted by Crippen LogP contribution is 2.28. The molecular weight excluding hydrogens is 474 g/mol. The third-order valence-corrected chi connectivity index (χ3v) is 8.20. The van der Waals surface area contributed by atoms with Crippen molar-refractivity contribution in [1.82, 2.24) is 15.2 Å². The zero-order valence-electron chi connectivity index (χ0n) is 20.1. The summed E-state index contributed by atoms with van der Waals surface area (Å²) in [4.78, 5) is 25.2. The summed E-state index contributed by atoms with van der Waals surface area (Å²) in [6, 6.07) is 11.3. The Hall–Kier alpha value is -2.84. The van der Waals surface area contributed by atoms with Crippen molar-refractivity contribution in [2.45, 2.75) is 56.8 Å². The maximum atomic E-state index is 13.0. The number of aryl methyl sites for hydroxylation is 2. The van der Waals surface area contributed by atoms with E-state index in [2.05, 4.69) is 10.6 Å². The monoisotopic (exact) mass is 503 g/mol. The third-order valence-electron chi connectivity index (χ3n) is 5.81. The van der Waals surface area contributed by atoms with Gasteiger partial charge in [-0.05, 0) is 76.1 Å². The molecule has 0 saturated carbocycles. The fraction of sp³-hybridized carbons (Fsp3) is 0.360. The lowest BCUT2D eigenvalue weighted by Crippen LogP contribution is -2.41. The summed E-state index contributed by atoms with van der Waals surface area (Å²) in [5.74, 6) is -0.805. The predicted octanol–water partition coefficient (Wildman–Crippen LogP) is 4.32. The van der Waals surface area contributed by atoms with Crippen molar-refractivity contribution in [3.63, 3.8) is 0 Å². The van der Waals surface area contributed by atoms with Gasteiger partial charge in [-0.1, -0.05) is 23.7 Å². The second kappa shape index (κ2) is 9.80. The van der Waals surface area contributed by atoms with Gasteiger partial charge in [0.1, 0.15) is 10.9 Å². The second-order valence-electron chi connectivity index (χ2n) is 8.88. The number of benzene rings is 2. The Morgan fingerprint density at radius 1 is 0.971 bits per heavy atom. The molecule has 1 unspecified atom stereocenters. The summed E-state index contributed by atoms with van der Waals surface area (Å²) >= 11 is 6.35. The Bertz CT molecular complexity index is 1340. The van der Waals surface area contributed by atoms with Gasteiger partial charge in [-0.15, -0.1) is 0 Å². The SMILES string of the molecule is Cc1cc(Cl)c2cc(C(=O)N[C@H](C)c3ccc(S(=O)(=O)C(C)C(=O)NC(C)C)cc3)n(C)c2c1. The van der Waals surface area contributed by atoms with E-state index >= 15 is 0 Å². The highest BCUT2D eigenvalue weighted by Gasteiger charge is 2.30. The van der Waals surface area contributed by atoms with Crippen molar-refractivity contribution in [1.29, 1.82) is 0 Å². The van der Waals surface area contributed by atoms with E-state index in [-0.39, 0.29) is 22.9 Å². The number of amides is 2. The summed E-state index contributed by atoms with van der Waals surface area (Å²) in [6.07, 6.45) is 0. The molecule has 3 rings (SSSR count). The minimum atomic E-state index is -3.84. The Kier molecular flexibility index (Phi) is 7.43. The largest absolute Gasteiger partial charge is 0.353 e. The lowest BCUT2D eigenvalue weighted by atomic mass is 10.1. The molecule has 0 fully saturated rings. The molecule has 0 aliphatic heterocycles. The van der Waals surface area contributed by atoms with Crippen molar-refractivity contribution < 1.29 is 18.0 Å². The van der Waals surface area contributed by atoms with E-state index in [1.807, 2.05) is 33.0 Å². The van der Waals surface area contributed by atoms with Crippen LogP contribution < -0.4 is 10.6 Å².